The van der Waals surface area contributed by atoms with Crippen molar-refractivity contribution in [2.45, 2.75) is 33.2 Å². The number of hydrogen-bond donors (Lipinski definition) is 2. The summed E-state index contributed by atoms with van der Waals surface area (Å²) in [6.45, 7) is 5.62. The molecule has 142 valence electrons. The first-order chi connectivity index (χ1) is 12.4. The molecule has 1 unspecified atom stereocenters. The molecule has 6 nitrogen and oxygen atoms in total. The first-order valence-corrected chi connectivity index (χ1v) is 9.23. The standard InChI is InChI=1S/C20H29N3O3/c1-6-8-11-23(5)13-16-18(20(25)26-7-2)21-17-10-9-14(22(3)4)12-15(17)19(16)24/h9-10,12H,6-8,11,13H2,1-5H3,(H,21,24)/p+1. The summed E-state index contributed by atoms with van der Waals surface area (Å²) in [5.74, 6) is -0.471. The minimum Gasteiger partial charge on any atom is -0.461 e. The zero-order valence-electron chi connectivity index (χ0n) is 16.4. The predicted octanol–water partition coefficient (Wildman–Crippen LogP) is 1.59. The zero-order valence-corrected chi connectivity index (χ0v) is 16.4. The fraction of sp³-hybridized carbons (Fsp3) is 0.500. The molecular formula is C20H30N3O3+. The fourth-order valence-corrected chi connectivity index (χ4v) is 3.01. The first-order valence-electron chi connectivity index (χ1n) is 9.23. The van der Waals surface area contributed by atoms with Gasteiger partial charge in [0.2, 0.25) is 0 Å². The molecule has 0 aliphatic rings. The van der Waals surface area contributed by atoms with E-state index in [1.807, 2.05) is 44.2 Å². The van der Waals surface area contributed by atoms with E-state index in [1.165, 1.54) is 4.90 Å². The Bertz CT molecular complexity index is 827. The molecule has 0 amide bonds. The van der Waals surface area contributed by atoms with Crippen LogP contribution in [0.15, 0.2) is 23.0 Å². The van der Waals surface area contributed by atoms with Crippen LogP contribution in [0.4, 0.5) is 5.69 Å². The molecule has 1 aromatic heterocycles. The maximum atomic E-state index is 13.2. The molecule has 0 bridgehead atoms. The average Bonchev–Trinajstić information content (AvgIpc) is 2.61. The second-order valence-corrected chi connectivity index (χ2v) is 6.89. The largest absolute Gasteiger partial charge is 0.461 e. The molecule has 2 aromatic rings. The van der Waals surface area contributed by atoms with Gasteiger partial charge in [-0.3, -0.25) is 4.79 Å². The van der Waals surface area contributed by atoms with E-state index >= 15 is 0 Å². The Morgan fingerprint density at radius 1 is 1.27 bits per heavy atom. The van der Waals surface area contributed by atoms with Crippen LogP contribution in [0, 0.1) is 0 Å². The van der Waals surface area contributed by atoms with Crippen LogP contribution in [0.1, 0.15) is 42.7 Å². The number of nitrogens with zero attached hydrogens (tertiary/aromatic N) is 1. The smallest absolute Gasteiger partial charge is 0.355 e. The van der Waals surface area contributed by atoms with Gasteiger partial charge < -0.3 is 19.5 Å². The number of pyridine rings is 1. The molecule has 6 heteroatoms. The third kappa shape index (κ3) is 4.43. The Morgan fingerprint density at radius 3 is 2.62 bits per heavy atom. The van der Waals surface area contributed by atoms with Crippen LogP contribution in [0.5, 0.6) is 0 Å². The number of aromatic nitrogens is 1. The van der Waals surface area contributed by atoms with Crippen LogP contribution >= 0.6 is 0 Å². The maximum absolute atomic E-state index is 13.2. The van der Waals surface area contributed by atoms with E-state index in [2.05, 4.69) is 11.9 Å². The van der Waals surface area contributed by atoms with Crippen molar-refractivity contribution in [3.05, 3.63) is 39.7 Å². The van der Waals surface area contributed by atoms with E-state index in [4.69, 9.17) is 4.74 Å². The Balaban J connectivity index is 2.58. The lowest BCUT2D eigenvalue weighted by Crippen LogP contribution is -3.07. The lowest BCUT2D eigenvalue weighted by Gasteiger charge is -2.17. The Hall–Kier alpha value is -2.34. The van der Waals surface area contributed by atoms with E-state index in [-0.39, 0.29) is 17.7 Å². The minimum absolute atomic E-state index is 0.0960. The Morgan fingerprint density at radius 2 is 2.00 bits per heavy atom. The van der Waals surface area contributed by atoms with Crippen molar-refractivity contribution in [3.8, 4) is 0 Å². The maximum Gasteiger partial charge on any atom is 0.355 e. The van der Waals surface area contributed by atoms with Gasteiger partial charge in [0, 0.05) is 25.2 Å². The van der Waals surface area contributed by atoms with E-state index in [9.17, 15) is 9.59 Å². The number of carbonyl (C=O) groups excluding carboxylic acids is 1. The number of ether oxygens (including phenoxy) is 1. The number of aromatic amines is 1. The molecule has 0 saturated heterocycles. The fourth-order valence-electron chi connectivity index (χ4n) is 3.01. The number of fused-ring (bicyclic) bond motifs is 1. The van der Waals surface area contributed by atoms with Gasteiger partial charge in [0.25, 0.3) is 0 Å². The average molecular weight is 360 g/mol. The second-order valence-electron chi connectivity index (χ2n) is 6.89. The van der Waals surface area contributed by atoms with Gasteiger partial charge in [-0.2, -0.15) is 0 Å². The molecule has 1 heterocycles. The summed E-state index contributed by atoms with van der Waals surface area (Å²) in [5.41, 5.74) is 2.28. The summed E-state index contributed by atoms with van der Waals surface area (Å²) >= 11 is 0. The normalized spacial score (nSPS) is 12.2. The summed E-state index contributed by atoms with van der Waals surface area (Å²) in [6, 6.07) is 5.63. The van der Waals surface area contributed by atoms with Crippen LogP contribution in [-0.2, 0) is 11.3 Å². The summed E-state index contributed by atoms with van der Waals surface area (Å²) < 4.78 is 5.17. The predicted molar refractivity (Wildman–Crippen MR) is 105 cm³/mol. The first kappa shape index (κ1) is 20.0. The van der Waals surface area contributed by atoms with Gasteiger partial charge in [0.15, 0.2) is 5.43 Å². The highest BCUT2D eigenvalue weighted by Crippen LogP contribution is 2.19. The lowest BCUT2D eigenvalue weighted by molar-refractivity contribution is -0.894. The van der Waals surface area contributed by atoms with Gasteiger partial charge in [-0.1, -0.05) is 13.3 Å². The number of unbranched alkanes of at least 4 members (excludes halogenated alkanes) is 1. The van der Waals surface area contributed by atoms with Gasteiger partial charge in [-0.25, -0.2) is 4.79 Å². The van der Waals surface area contributed by atoms with Gasteiger partial charge in [-0.15, -0.1) is 0 Å². The monoisotopic (exact) mass is 360 g/mol. The van der Waals surface area contributed by atoms with Crippen molar-refractivity contribution in [1.29, 1.82) is 0 Å². The molecule has 2 rings (SSSR count). The number of H-pyrrole nitrogens is 1. The van der Waals surface area contributed by atoms with Crippen molar-refractivity contribution in [3.63, 3.8) is 0 Å². The minimum atomic E-state index is -0.471. The van der Waals surface area contributed by atoms with Crippen LogP contribution in [0.3, 0.4) is 0 Å². The highest BCUT2D eigenvalue weighted by molar-refractivity contribution is 5.93. The van der Waals surface area contributed by atoms with Crippen molar-refractivity contribution in [1.82, 2.24) is 4.98 Å². The lowest BCUT2D eigenvalue weighted by atomic mass is 10.1. The molecule has 0 spiro atoms. The third-order valence-electron chi connectivity index (χ3n) is 4.51. The highest BCUT2D eigenvalue weighted by atomic mass is 16.5. The molecular weight excluding hydrogens is 330 g/mol. The second kappa shape index (κ2) is 8.85. The van der Waals surface area contributed by atoms with E-state index < -0.39 is 5.97 Å². The number of rotatable bonds is 8. The highest BCUT2D eigenvalue weighted by Gasteiger charge is 2.22. The van der Waals surface area contributed by atoms with Crippen LogP contribution in [0.25, 0.3) is 10.9 Å². The van der Waals surface area contributed by atoms with E-state index in [0.29, 0.717) is 23.0 Å². The third-order valence-corrected chi connectivity index (χ3v) is 4.51. The molecule has 0 saturated carbocycles. The van der Waals surface area contributed by atoms with Crippen LogP contribution < -0.4 is 15.2 Å². The summed E-state index contributed by atoms with van der Waals surface area (Å²) in [7, 11) is 5.92. The number of esters is 1. The molecule has 1 aromatic carbocycles. The molecule has 0 fully saturated rings. The number of anilines is 1. The summed E-state index contributed by atoms with van der Waals surface area (Å²) in [4.78, 5) is 31.9. The van der Waals surface area contributed by atoms with Gasteiger partial charge >= 0.3 is 5.97 Å². The molecule has 1 atom stereocenters. The molecule has 2 N–H and O–H groups in total. The number of quaternary nitrogens is 1. The van der Waals surface area contributed by atoms with Gasteiger partial charge in [0.1, 0.15) is 12.2 Å². The van der Waals surface area contributed by atoms with Crippen LogP contribution in [0.2, 0.25) is 0 Å². The van der Waals surface area contributed by atoms with Crippen molar-refractivity contribution >= 4 is 22.6 Å². The Kier molecular flexibility index (Phi) is 6.80. The van der Waals surface area contributed by atoms with E-state index in [0.717, 1.165) is 25.1 Å². The quantitative estimate of drug-likeness (QED) is 0.702. The summed E-state index contributed by atoms with van der Waals surface area (Å²) in [6.07, 6.45) is 2.18. The van der Waals surface area contributed by atoms with Crippen molar-refractivity contribution < 1.29 is 14.4 Å². The van der Waals surface area contributed by atoms with Crippen molar-refractivity contribution in [2.24, 2.45) is 0 Å². The number of hydrogen-bond acceptors (Lipinski definition) is 4. The number of benzene rings is 1. The van der Waals surface area contributed by atoms with E-state index in [1.54, 1.807) is 6.92 Å². The van der Waals surface area contributed by atoms with Crippen LogP contribution in [-0.4, -0.2) is 45.2 Å². The molecule has 0 radical (unpaired) electrons. The number of nitrogens with one attached hydrogen (secondary N) is 2. The topological polar surface area (TPSA) is 66.8 Å². The van der Waals surface area contributed by atoms with Crippen molar-refractivity contribution in [2.75, 3.05) is 39.2 Å². The SMILES string of the molecule is CCCC[NH+](C)Cc1c(C(=O)OCC)[nH]c2ccc(N(C)C)cc2c1=O. The van der Waals surface area contributed by atoms with Gasteiger partial charge in [-0.05, 0) is 31.5 Å². The zero-order chi connectivity index (χ0) is 19.3. The Labute approximate surface area is 154 Å². The number of carbonyl (C=O) groups is 1. The van der Waals surface area contributed by atoms with Gasteiger partial charge in [0.05, 0.1) is 31.3 Å². The molecule has 0 aliphatic carbocycles. The summed E-state index contributed by atoms with van der Waals surface area (Å²) in [5, 5.41) is 0.600. The molecule has 26 heavy (non-hydrogen) atoms. The molecule has 0 aliphatic heterocycles.